The fourth-order valence-corrected chi connectivity index (χ4v) is 16.8. The van der Waals surface area contributed by atoms with Gasteiger partial charge in [-0.15, -0.1) is 0 Å². The Balaban J connectivity index is 1.29. The van der Waals surface area contributed by atoms with Crippen molar-refractivity contribution in [2.24, 2.45) is 17.8 Å². The van der Waals surface area contributed by atoms with Crippen molar-refractivity contribution in [3.05, 3.63) is 84.5 Å². The van der Waals surface area contributed by atoms with Crippen LogP contribution < -0.4 is 10.4 Å². The number of hydrogen-bond donors (Lipinski definition) is 0. The SMILES string of the molecule is CC[Si](CC)(CC)O[C@H]1CCC=C2C=C[C@H](C)[C@H](CC[C@@H]3C[C@H](CCO[Si](c4ccccc4)(c4ccccc4)C(C)(C)C)OC(C)(C)O3)[C@H]21. The van der Waals surface area contributed by atoms with Crippen LogP contribution in [0.5, 0.6) is 0 Å². The number of ether oxygens (including phenoxy) is 2. The molecule has 0 amide bonds. The van der Waals surface area contributed by atoms with Crippen molar-refractivity contribution in [1.29, 1.82) is 0 Å². The van der Waals surface area contributed by atoms with Crippen LogP contribution in [0.1, 0.15) is 101 Å². The van der Waals surface area contributed by atoms with E-state index < -0.39 is 22.4 Å². The second-order valence-corrected chi connectivity index (χ2v) is 25.6. The molecule has 1 saturated heterocycles. The fourth-order valence-electron chi connectivity index (χ4n) is 9.33. The van der Waals surface area contributed by atoms with E-state index in [1.165, 1.54) is 34.1 Å². The molecule has 5 rings (SSSR count). The van der Waals surface area contributed by atoms with Gasteiger partial charge in [-0.05, 0) is 96.9 Å². The van der Waals surface area contributed by atoms with Crippen LogP contribution in [0, 0.1) is 17.8 Å². The van der Waals surface area contributed by atoms with Crippen LogP contribution in [0.3, 0.4) is 0 Å². The fraction of sp³-hybridized carbons (Fsp3) is 0.628. The summed E-state index contributed by atoms with van der Waals surface area (Å²) in [6.45, 7) is 21.4. The summed E-state index contributed by atoms with van der Waals surface area (Å²) in [5.41, 5.74) is 1.53. The summed E-state index contributed by atoms with van der Waals surface area (Å²) in [4.78, 5) is 0. The molecule has 3 aliphatic rings. The number of rotatable bonds is 14. The zero-order chi connectivity index (χ0) is 35.3. The minimum Gasteiger partial charge on any atom is -0.413 e. The third-order valence-electron chi connectivity index (χ3n) is 12.1. The van der Waals surface area contributed by atoms with Crippen molar-refractivity contribution in [3.63, 3.8) is 0 Å². The van der Waals surface area contributed by atoms with Gasteiger partial charge in [-0.3, -0.25) is 0 Å². The van der Waals surface area contributed by atoms with Gasteiger partial charge in [-0.1, -0.05) is 127 Å². The minimum absolute atomic E-state index is 0.0410. The van der Waals surface area contributed by atoms with E-state index in [9.17, 15) is 0 Å². The quantitative estimate of drug-likeness (QED) is 0.184. The Kier molecular flexibility index (Phi) is 12.7. The molecule has 1 fully saturated rings. The highest BCUT2D eigenvalue weighted by Crippen LogP contribution is 2.46. The van der Waals surface area contributed by atoms with Crippen LogP contribution in [-0.4, -0.2) is 47.3 Å². The first-order valence-corrected chi connectivity index (χ1v) is 24.0. The molecule has 0 aromatic heterocycles. The molecule has 1 heterocycles. The lowest BCUT2D eigenvalue weighted by atomic mass is 9.66. The number of allylic oxidation sites excluding steroid dienone is 3. The van der Waals surface area contributed by atoms with Crippen molar-refractivity contribution in [1.82, 2.24) is 0 Å². The van der Waals surface area contributed by atoms with E-state index in [0.29, 0.717) is 30.5 Å². The molecule has 4 nitrogen and oxygen atoms in total. The van der Waals surface area contributed by atoms with Crippen LogP contribution in [0.2, 0.25) is 23.2 Å². The summed E-state index contributed by atoms with van der Waals surface area (Å²) in [7, 11) is -4.29. The van der Waals surface area contributed by atoms with Crippen LogP contribution in [0.15, 0.2) is 84.5 Å². The lowest BCUT2D eigenvalue weighted by Gasteiger charge is -2.46. The molecule has 0 spiro atoms. The molecular formula is C43H66O4Si2. The maximum Gasteiger partial charge on any atom is 0.261 e. The van der Waals surface area contributed by atoms with Gasteiger partial charge in [0.05, 0.1) is 18.3 Å². The van der Waals surface area contributed by atoms with Gasteiger partial charge in [0, 0.05) is 18.9 Å². The summed E-state index contributed by atoms with van der Waals surface area (Å²) < 4.78 is 27.8. The topological polar surface area (TPSA) is 36.9 Å². The van der Waals surface area contributed by atoms with Gasteiger partial charge in [-0.25, -0.2) is 0 Å². The number of fused-ring (bicyclic) bond motifs is 1. The molecule has 270 valence electrons. The summed E-state index contributed by atoms with van der Waals surface area (Å²) in [5.74, 6) is 0.994. The van der Waals surface area contributed by atoms with Crippen molar-refractivity contribution in [2.45, 2.75) is 148 Å². The standard InChI is InChI=1S/C43H66O4Si2/c1-10-48(11-2,12-3)47-40-25-19-20-34-27-26-33(4)39(41(34)40)29-28-35-32-36(46-43(8,9)45-35)30-31-44-49(42(5,6)7,37-21-15-13-16-22-37)38-23-17-14-18-24-38/h13-18,20-24,26-27,33,35-36,39-41H,10-12,19,25,28-32H2,1-9H3/t33-,35+,36-,39-,40-,41-/m0/s1. The second kappa shape index (κ2) is 16.3. The largest absolute Gasteiger partial charge is 0.413 e. The van der Waals surface area contributed by atoms with Crippen molar-refractivity contribution >= 4 is 27.0 Å². The predicted octanol–water partition coefficient (Wildman–Crippen LogP) is 10.2. The summed E-state index contributed by atoms with van der Waals surface area (Å²) >= 11 is 0. The molecule has 1 aliphatic heterocycles. The Bertz CT molecular complexity index is 1330. The first-order valence-electron chi connectivity index (χ1n) is 19.5. The molecule has 2 aromatic carbocycles. The van der Waals surface area contributed by atoms with Crippen molar-refractivity contribution in [2.75, 3.05) is 6.61 Å². The Morgan fingerprint density at radius 2 is 1.39 bits per heavy atom. The molecule has 6 heteroatoms. The first-order chi connectivity index (χ1) is 23.4. The molecule has 0 saturated carbocycles. The summed E-state index contributed by atoms with van der Waals surface area (Å²) in [6, 6.07) is 25.6. The van der Waals surface area contributed by atoms with Crippen LogP contribution in [0.4, 0.5) is 0 Å². The number of benzene rings is 2. The average Bonchev–Trinajstić information content (AvgIpc) is 3.08. The minimum atomic E-state index is -2.59. The highest BCUT2D eigenvalue weighted by molar-refractivity contribution is 6.99. The first kappa shape index (κ1) is 38.4. The van der Waals surface area contributed by atoms with Crippen LogP contribution in [0.25, 0.3) is 0 Å². The summed E-state index contributed by atoms with van der Waals surface area (Å²) in [5, 5.41) is 2.61. The van der Waals surface area contributed by atoms with Crippen LogP contribution in [-0.2, 0) is 18.3 Å². The molecule has 0 N–H and O–H groups in total. The molecule has 0 unspecified atom stereocenters. The van der Waals surface area contributed by atoms with E-state index in [4.69, 9.17) is 18.3 Å². The zero-order valence-corrected chi connectivity index (χ0v) is 34.2. The van der Waals surface area contributed by atoms with E-state index in [1.54, 1.807) is 0 Å². The van der Waals surface area contributed by atoms with Crippen molar-refractivity contribution in [3.8, 4) is 0 Å². The maximum absolute atomic E-state index is 7.28. The van der Waals surface area contributed by atoms with Gasteiger partial charge in [0.1, 0.15) is 0 Å². The number of hydrogen-bond acceptors (Lipinski definition) is 4. The Labute approximate surface area is 301 Å². The van der Waals surface area contributed by atoms with Gasteiger partial charge in [-0.2, -0.15) is 0 Å². The van der Waals surface area contributed by atoms with Gasteiger partial charge in [0.15, 0.2) is 14.1 Å². The van der Waals surface area contributed by atoms with E-state index in [-0.39, 0.29) is 17.2 Å². The van der Waals surface area contributed by atoms with Gasteiger partial charge >= 0.3 is 0 Å². The molecule has 2 aliphatic carbocycles. The van der Waals surface area contributed by atoms with E-state index in [1.807, 2.05) is 0 Å². The van der Waals surface area contributed by atoms with Gasteiger partial charge in [0.25, 0.3) is 8.32 Å². The Hall–Kier alpha value is -1.81. The zero-order valence-electron chi connectivity index (χ0n) is 32.2. The highest BCUT2D eigenvalue weighted by atomic mass is 28.4. The van der Waals surface area contributed by atoms with E-state index in [0.717, 1.165) is 38.5 Å². The smallest absolute Gasteiger partial charge is 0.261 e. The Morgan fingerprint density at radius 3 is 1.94 bits per heavy atom. The van der Waals surface area contributed by atoms with Gasteiger partial charge < -0.3 is 18.3 Å². The normalized spacial score (nSPS) is 27.4. The Morgan fingerprint density at radius 1 is 0.816 bits per heavy atom. The summed E-state index contributed by atoms with van der Waals surface area (Å²) in [6.07, 6.45) is 14.3. The molecule has 6 atom stereocenters. The third-order valence-corrected chi connectivity index (χ3v) is 21.8. The predicted molar refractivity (Wildman–Crippen MR) is 211 cm³/mol. The average molecular weight is 703 g/mol. The van der Waals surface area contributed by atoms with E-state index in [2.05, 4.69) is 141 Å². The monoisotopic (exact) mass is 702 g/mol. The highest BCUT2D eigenvalue weighted by Gasteiger charge is 2.50. The van der Waals surface area contributed by atoms with Crippen molar-refractivity contribution < 1.29 is 18.3 Å². The lowest BCUT2D eigenvalue weighted by molar-refractivity contribution is -0.302. The molecule has 0 radical (unpaired) electrons. The lowest BCUT2D eigenvalue weighted by Crippen LogP contribution is -2.66. The molecular weight excluding hydrogens is 637 g/mol. The van der Waals surface area contributed by atoms with Gasteiger partial charge in [0.2, 0.25) is 0 Å². The second-order valence-electron chi connectivity index (χ2n) is 16.6. The van der Waals surface area contributed by atoms with Crippen LogP contribution >= 0.6 is 0 Å². The van der Waals surface area contributed by atoms with E-state index >= 15 is 0 Å². The molecule has 49 heavy (non-hydrogen) atoms. The molecule has 2 aromatic rings. The third kappa shape index (κ3) is 8.64. The molecule has 0 bridgehead atoms. The maximum atomic E-state index is 7.28.